The molecule has 0 aromatic carbocycles. The van der Waals surface area contributed by atoms with Crippen LogP contribution in [0, 0.1) is 11.8 Å². The molecule has 5 nitrogen and oxygen atoms in total. The second-order valence-corrected chi connectivity index (χ2v) is 6.04. The van der Waals surface area contributed by atoms with Crippen molar-refractivity contribution in [1.29, 1.82) is 0 Å². The summed E-state index contributed by atoms with van der Waals surface area (Å²) in [6.07, 6.45) is 3.46. The second kappa shape index (κ2) is 5.80. The van der Waals surface area contributed by atoms with Crippen LogP contribution in [0.25, 0.3) is 0 Å². The summed E-state index contributed by atoms with van der Waals surface area (Å²) in [5.41, 5.74) is 0. The summed E-state index contributed by atoms with van der Waals surface area (Å²) in [7, 11) is 0. The van der Waals surface area contributed by atoms with E-state index in [2.05, 4.69) is 13.8 Å². The predicted molar refractivity (Wildman–Crippen MR) is 71.9 cm³/mol. The highest BCUT2D eigenvalue weighted by Gasteiger charge is 2.37. The maximum Gasteiger partial charge on any atom is 0.326 e. The van der Waals surface area contributed by atoms with Crippen molar-refractivity contribution in [2.45, 2.75) is 45.6 Å². The molecule has 108 valence electrons. The van der Waals surface area contributed by atoms with Gasteiger partial charge in [-0.15, -0.1) is 0 Å². The average Bonchev–Trinajstić information content (AvgIpc) is 2.87. The van der Waals surface area contributed by atoms with Crippen LogP contribution in [0.15, 0.2) is 0 Å². The van der Waals surface area contributed by atoms with E-state index in [0.29, 0.717) is 24.8 Å². The molecule has 0 spiro atoms. The second-order valence-electron chi connectivity index (χ2n) is 6.04. The van der Waals surface area contributed by atoms with Gasteiger partial charge in [-0.1, -0.05) is 13.8 Å². The number of hydrogen-bond acceptors (Lipinski definition) is 2. The van der Waals surface area contributed by atoms with Gasteiger partial charge in [0.15, 0.2) is 0 Å². The summed E-state index contributed by atoms with van der Waals surface area (Å²) < 4.78 is 0. The van der Waals surface area contributed by atoms with Crippen molar-refractivity contribution < 1.29 is 14.7 Å². The number of carbonyl (C=O) groups excluding carboxylic acids is 1. The van der Waals surface area contributed by atoms with Crippen LogP contribution in [0.4, 0.5) is 4.79 Å². The molecule has 0 bridgehead atoms. The van der Waals surface area contributed by atoms with Crippen LogP contribution < -0.4 is 0 Å². The first-order chi connectivity index (χ1) is 9.00. The number of piperidine rings is 1. The van der Waals surface area contributed by atoms with Crippen LogP contribution in [-0.4, -0.2) is 52.6 Å². The fourth-order valence-electron chi connectivity index (χ4n) is 3.19. The molecular formula is C14H24N2O3. The number of hydrogen-bond donors (Lipinski definition) is 1. The highest BCUT2D eigenvalue weighted by atomic mass is 16.4. The van der Waals surface area contributed by atoms with E-state index in [1.165, 1.54) is 4.90 Å². The first-order valence-corrected chi connectivity index (χ1v) is 7.29. The molecule has 2 rings (SSSR count). The molecular weight excluding hydrogens is 244 g/mol. The van der Waals surface area contributed by atoms with Gasteiger partial charge in [0.1, 0.15) is 6.04 Å². The third-order valence-electron chi connectivity index (χ3n) is 4.54. The monoisotopic (exact) mass is 268 g/mol. The van der Waals surface area contributed by atoms with E-state index in [-0.39, 0.29) is 6.03 Å². The number of likely N-dealkylation sites (tertiary alicyclic amines) is 2. The normalized spacial score (nSPS) is 25.1. The standard InChI is InChI=1S/C14H24N2O3/c1-10(2)11-5-8-15(9-6-11)14(19)16-7-3-4-12(16)13(17)18/h10-12H,3-9H2,1-2H3,(H,17,18). The van der Waals surface area contributed by atoms with Crippen molar-refractivity contribution in [3.05, 3.63) is 0 Å². The maximum atomic E-state index is 12.4. The van der Waals surface area contributed by atoms with Crippen LogP contribution in [-0.2, 0) is 4.79 Å². The van der Waals surface area contributed by atoms with Gasteiger partial charge in [-0.05, 0) is 37.5 Å². The zero-order valence-corrected chi connectivity index (χ0v) is 11.8. The SMILES string of the molecule is CC(C)C1CCN(C(=O)N2CCCC2C(=O)O)CC1. The van der Waals surface area contributed by atoms with Gasteiger partial charge in [0.05, 0.1) is 0 Å². The van der Waals surface area contributed by atoms with E-state index in [0.717, 1.165) is 32.4 Å². The molecule has 1 atom stereocenters. The first-order valence-electron chi connectivity index (χ1n) is 7.29. The van der Waals surface area contributed by atoms with Crippen LogP contribution in [0.5, 0.6) is 0 Å². The topological polar surface area (TPSA) is 60.9 Å². The molecule has 0 aromatic rings. The number of aliphatic carboxylic acids is 1. The van der Waals surface area contributed by atoms with Crippen molar-refractivity contribution in [3.63, 3.8) is 0 Å². The van der Waals surface area contributed by atoms with Gasteiger partial charge in [-0.2, -0.15) is 0 Å². The molecule has 2 saturated heterocycles. The average molecular weight is 268 g/mol. The number of amides is 2. The molecule has 0 aromatic heterocycles. The summed E-state index contributed by atoms with van der Waals surface area (Å²) >= 11 is 0. The lowest BCUT2D eigenvalue weighted by atomic mass is 9.87. The van der Waals surface area contributed by atoms with Crippen molar-refractivity contribution >= 4 is 12.0 Å². The highest BCUT2D eigenvalue weighted by molar-refractivity contribution is 5.83. The quantitative estimate of drug-likeness (QED) is 0.833. The molecule has 0 saturated carbocycles. The summed E-state index contributed by atoms with van der Waals surface area (Å²) in [6.45, 7) is 6.57. The summed E-state index contributed by atoms with van der Waals surface area (Å²) in [5, 5.41) is 9.13. The van der Waals surface area contributed by atoms with Crippen molar-refractivity contribution in [3.8, 4) is 0 Å². The zero-order chi connectivity index (χ0) is 14.0. The lowest BCUT2D eigenvalue weighted by molar-refractivity contribution is -0.141. The Morgan fingerprint density at radius 1 is 1.11 bits per heavy atom. The molecule has 2 amide bonds. The van der Waals surface area contributed by atoms with Gasteiger partial charge in [0.25, 0.3) is 0 Å². The van der Waals surface area contributed by atoms with E-state index in [9.17, 15) is 9.59 Å². The van der Waals surface area contributed by atoms with Gasteiger partial charge in [-0.3, -0.25) is 0 Å². The minimum Gasteiger partial charge on any atom is -0.480 e. The first kappa shape index (κ1) is 14.2. The lowest BCUT2D eigenvalue weighted by Crippen LogP contribution is -2.50. The Balaban J connectivity index is 1.92. The van der Waals surface area contributed by atoms with Crippen LogP contribution in [0.1, 0.15) is 39.5 Å². The van der Waals surface area contributed by atoms with Gasteiger partial charge < -0.3 is 14.9 Å². The fourth-order valence-corrected chi connectivity index (χ4v) is 3.19. The number of carboxylic acids is 1. The Morgan fingerprint density at radius 3 is 2.26 bits per heavy atom. The molecule has 2 aliphatic heterocycles. The van der Waals surface area contributed by atoms with Crippen LogP contribution in [0.2, 0.25) is 0 Å². The Bertz CT molecular complexity index is 349. The molecule has 2 aliphatic rings. The smallest absolute Gasteiger partial charge is 0.326 e. The summed E-state index contributed by atoms with van der Waals surface area (Å²) in [5.74, 6) is 0.483. The molecule has 19 heavy (non-hydrogen) atoms. The molecule has 1 N–H and O–H groups in total. The van der Waals surface area contributed by atoms with Crippen molar-refractivity contribution in [2.75, 3.05) is 19.6 Å². The minimum absolute atomic E-state index is 0.0768. The molecule has 2 heterocycles. The van der Waals surface area contributed by atoms with E-state index < -0.39 is 12.0 Å². The number of urea groups is 1. The Hall–Kier alpha value is -1.26. The van der Waals surface area contributed by atoms with Crippen molar-refractivity contribution in [2.24, 2.45) is 11.8 Å². The van der Waals surface area contributed by atoms with Gasteiger partial charge in [0.2, 0.25) is 0 Å². The molecule has 5 heteroatoms. The summed E-state index contributed by atoms with van der Waals surface area (Å²) in [4.78, 5) is 26.9. The Morgan fingerprint density at radius 2 is 1.74 bits per heavy atom. The number of rotatable bonds is 2. The number of carbonyl (C=O) groups is 2. The number of nitrogens with zero attached hydrogens (tertiary/aromatic N) is 2. The third kappa shape index (κ3) is 3.01. The van der Waals surface area contributed by atoms with Gasteiger partial charge in [-0.25, -0.2) is 9.59 Å². The van der Waals surface area contributed by atoms with Crippen molar-refractivity contribution in [1.82, 2.24) is 9.80 Å². The number of carboxylic acid groups (broad SMARTS) is 1. The van der Waals surface area contributed by atoms with Crippen LogP contribution >= 0.6 is 0 Å². The molecule has 0 radical (unpaired) electrons. The van der Waals surface area contributed by atoms with Gasteiger partial charge in [0, 0.05) is 19.6 Å². The van der Waals surface area contributed by atoms with E-state index in [4.69, 9.17) is 5.11 Å². The summed E-state index contributed by atoms with van der Waals surface area (Å²) in [6, 6.07) is -0.692. The minimum atomic E-state index is -0.872. The largest absolute Gasteiger partial charge is 0.480 e. The van der Waals surface area contributed by atoms with Gasteiger partial charge >= 0.3 is 12.0 Å². The van der Waals surface area contributed by atoms with Crippen LogP contribution in [0.3, 0.4) is 0 Å². The van der Waals surface area contributed by atoms with E-state index >= 15 is 0 Å². The lowest BCUT2D eigenvalue weighted by Gasteiger charge is -2.36. The molecule has 0 aliphatic carbocycles. The predicted octanol–water partition coefficient (Wildman–Crippen LogP) is 2.02. The third-order valence-corrected chi connectivity index (χ3v) is 4.54. The Labute approximate surface area is 114 Å². The maximum absolute atomic E-state index is 12.4. The molecule has 1 unspecified atom stereocenters. The molecule has 2 fully saturated rings. The zero-order valence-electron chi connectivity index (χ0n) is 11.8. The van der Waals surface area contributed by atoms with E-state index in [1.54, 1.807) is 0 Å². The highest BCUT2D eigenvalue weighted by Crippen LogP contribution is 2.26. The Kier molecular flexibility index (Phi) is 4.32. The fraction of sp³-hybridized carbons (Fsp3) is 0.857. The van der Waals surface area contributed by atoms with E-state index in [1.807, 2.05) is 4.90 Å².